The summed E-state index contributed by atoms with van der Waals surface area (Å²) >= 11 is 0. The third-order valence-corrected chi connectivity index (χ3v) is 6.30. The molecule has 0 spiro atoms. The summed E-state index contributed by atoms with van der Waals surface area (Å²) in [5, 5.41) is 17.4. The molecule has 0 radical (unpaired) electrons. The fraction of sp³-hybridized carbons (Fsp3) is 0.900. The molecule has 2 saturated carbocycles. The van der Waals surface area contributed by atoms with E-state index >= 15 is 0 Å². The summed E-state index contributed by atoms with van der Waals surface area (Å²) in [4.78, 5) is 21.1. The van der Waals surface area contributed by atoms with Crippen LogP contribution in [0, 0.1) is 22.7 Å². The van der Waals surface area contributed by atoms with Crippen LogP contribution in [-0.4, -0.2) is 22.2 Å². The quantitative estimate of drug-likeness (QED) is 0.618. The van der Waals surface area contributed by atoms with Gasteiger partial charge in [-0.2, -0.15) is 0 Å². The zero-order valence-corrected chi connectivity index (χ0v) is 19.6. The number of carbonyl (C=O) groups is 2. The molecular weight excluding hydrogens is 370 g/mol. The zero-order valence-electron chi connectivity index (χ0n) is 16.6. The van der Waals surface area contributed by atoms with Crippen LogP contribution in [0.4, 0.5) is 0 Å². The maximum atomic E-state index is 10.6. The van der Waals surface area contributed by atoms with Gasteiger partial charge >= 0.3 is 11.9 Å². The van der Waals surface area contributed by atoms with Gasteiger partial charge in [-0.05, 0) is 48.3 Å². The van der Waals surface area contributed by atoms with Gasteiger partial charge in [0.25, 0.3) is 0 Å². The van der Waals surface area contributed by atoms with Gasteiger partial charge in [-0.25, -0.2) is 0 Å². The van der Waals surface area contributed by atoms with Crippen molar-refractivity contribution in [3.8, 4) is 0 Å². The number of hydrogen-bond donors (Lipinski definition) is 2. The Hall–Kier alpha value is -0.437. The largest absolute Gasteiger partial charge is 0.481 e. The normalized spacial score (nSPS) is 27.2. The van der Waals surface area contributed by atoms with E-state index in [2.05, 4.69) is 27.7 Å². The maximum absolute atomic E-state index is 10.6. The standard InChI is InChI=1S/2C10H18O2.Zn/c2*1-10(2)6-4-3-5-8(10)7-9(11)12;/h2*8H,3-7H2,1-2H3,(H,11,12);. The Labute approximate surface area is 165 Å². The van der Waals surface area contributed by atoms with Crippen LogP contribution >= 0.6 is 0 Å². The molecule has 0 aromatic rings. The minimum absolute atomic E-state index is 0. The Morgan fingerprint density at radius 2 is 1.08 bits per heavy atom. The van der Waals surface area contributed by atoms with Crippen molar-refractivity contribution in [3.05, 3.63) is 0 Å². The molecule has 0 saturated heterocycles. The molecule has 0 bridgehead atoms. The van der Waals surface area contributed by atoms with E-state index in [1.807, 2.05) is 0 Å². The second-order valence-corrected chi connectivity index (χ2v) is 9.06. The van der Waals surface area contributed by atoms with Crippen molar-refractivity contribution in [2.24, 2.45) is 22.7 Å². The molecule has 0 aliphatic heterocycles. The Kier molecular flexibility index (Phi) is 10.5. The Morgan fingerprint density at radius 1 is 0.760 bits per heavy atom. The third-order valence-electron chi connectivity index (χ3n) is 6.30. The van der Waals surface area contributed by atoms with Gasteiger partial charge < -0.3 is 10.2 Å². The molecule has 0 aromatic heterocycles. The first-order valence-corrected chi connectivity index (χ1v) is 9.48. The predicted molar refractivity (Wildman–Crippen MR) is 96.0 cm³/mol. The summed E-state index contributed by atoms with van der Waals surface area (Å²) < 4.78 is 0. The molecule has 2 aliphatic carbocycles. The SMILES string of the molecule is CC1(C)CCCCC1CC(=O)O.CC1(C)CCCCC1CC(=O)O.[Zn]. The van der Waals surface area contributed by atoms with Crippen molar-refractivity contribution in [2.75, 3.05) is 0 Å². The summed E-state index contributed by atoms with van der Waals surface area (Å²) in [6, 6.07) is 0. The Morgan fingerprint density at radius 3 is 1.32 bits per heavy atom. The van der Waals surface area contributed by atoms with Crippen molar-refractivity contribution < 1.29 is 39.3 Å². The fourth-order valence-corrected chi connectivity index (χ4v) is 4.31. The van der Waals surface area contributed by atoms with Crippen molar-refractivity contribution in [1.29, 1.82) is 0 Å². The van der Waals surface area contributed by atoms with Crippen LogP contribution < -0.4 is 0 Å². The van der Waals surface area contributed by atoms with Crippen LogP contribution in [0.1, 0.15) is 91.9 Å². The minimum atomic E-state index is -0.644. The van der Waals surface area contributed by atoms with Gasteiger partial charge in [0.1, 0.15) is 0 Å². The molecule has 4 nitrogen and oxygen atoms in total. The van der Waals surface area contributed by atoms with Gasteiger partial charge in [0, 0.05) is 32.3 Å². The molecule has 2 fully saturated rings. The van der Waals surface area contributed by atoms with E-state index in [1.54, 1.807) is 0 Å². The monoisotopic (exact) mass is 404 g/mol. The van der Waals surface area contributed by atoms with Gasteiger partial charge in [-0.1, -0.05) is 53.4 Å². The summed E-state index contributed by atoms with van der Waals surface area (Å²) in [5.74, 6) is -0.502. The summed E-state index contributed by atoms with van der Waals surface area (Å²) in [5.41, 5.74) is 0.493. The smallest absolute Gasteiger partial charge is 0.303 e. The van der Waals surface area contributed by atoms with E-state index in [4.69, 9.17) is 10.2 Å². The summed E-state index contributed by atoms with van der Waals surface area (Å²) in [7, 11) is 0. The number of carboxylic acids is 2. The molecule has 2 aliphatic rings. The predicted octanol–water partition coefficient (Wildman–Crippen LogP) is 5.35. The van der Waals surface area contributed by atoms with Crippen molar-refractivity contribution in [2.45, 2.75) is 91.9 Å². The van der Waals surface area contributed by atoms with Crippen LogP contribution in [-0.2, 0) is 29.1 Å². The van der Waals surface area contributed by atoms with E-state index < -0.39 is 11.9 Å². The van der Waals surface area contributed by atoms with Crippen molar-refractivity contribution >= 4 is 11.9 Å². The second-order valence-electron chi connectivity index (χ2n) is 9.06. The number of rotatable bonds is 4. The summed E-state index contributed by atoms with van der Waals surface area (Å²) in [6.07, 6.45) is 10.2. The van der Waals surface area contributed by atoms with Crippen molar-refractivity contribution in [1.82, 2.24) is 0 Å². The Bertz CT molecular complexity index is 391. The maximum Gasteiger partial charge on any atom is 0.303 e. The average Bonchev–Trinajstić information content (AvgIpc) is 2.43. The van der Waals surface area contributed by atoms with Crippen LogP contribution in [0.5, 0.6) is 0 Å². The molecule has 2 unspecified atom stereocenters. The van der Waals surface area contributed by atoms with Crippen molar-refractivity contribution in [3.63, 3.8) is 0 Å². The number of carboxylic acid groups (broad SMARTS) is 2. The number of aliphatic carboxylic acids is 2. The molecule has 5 heteroatoms. The van der Waals surface area contributed by atoms with E-state index in [9.17, 15) is 9.59 Å². The topological polar surface area (TPSA) is 74.6 Å². The van der Waals surface area contributed by atoms with E-state index in [-0.39, 0.29) is 30.3 Å². The molecule has 2 atom stereocenters. The van der Waals surface area contributed by atoms with Crippen LogP contribution in [0.2, 0.25) is 0 Å². The van der Waals surface area contributed by atoms with Gasteiger partial charge in [0.2, 0.25) is 0 Å². The first-order valence-electron chi connectivity index (χ1n) is 9.48. The van der Waals surface area contributed by atoms with Crippen LogP contribution in [0.15, 0.2) is 0 Å². The van der Waals surface area contributed by atoms with Crippen LogP contribution in [0.3, 0.4) is 0 Å². The van der Waals surface area contributed by atoms with Gasteiger partial charge in [0.05, 0.1) is 0 Å². The molecule has 2 rings (SSSR count). The third kappa shape index (κ3) is 8.66. The summed E-state index contributed by atoms with van der Waals surface area (Å²) in [6.45, 7) is 8.78. The first kappa shape index (κ1) is 24.6. The van der Waals surface area contributed by atoms with Gasteiger partial charge in [0.15, 0.2) is 0 Å². The van der Waals surface area contributed by atoms with E-state index in [0.717, 1.165) is 12.8 Å². The molecular formula is C20H36O4Zn. The molecule has 0 aromatic carbocycles. The average molecular weight is 406 g/mol. The molecule has 25 heavy (non-hydrogen) atoms. The number of hydrogen-bond acceptors (Lipinski definition) is 2. The Balaban J connectivity index is 0.000000443. The zero-order chi connectivity index (χ0) is 18.4. The fourth-order valence-electron chi connectivity index (χ4n) is 4.31. The molecule has 0 amide bonds. The molecule has 2 N–H and O–H groups in total. The molecule has 0 heterocycles. The van der Waals surface area contributed by atoms with Crippen LogP contribution in [0.25, 0.3) is 0 Å². The second kappa shape index (κ2) is 10.6. The van der Waals surface area contributed by atoms with E-state index in [1.165, 1.54) is 38.5 Å². The van der Waals surface area contributed by atoms with Gasteiger partial charge in [-0.3, -0.25) is 9.59 Å². The molecule has 142 valence electrons. The van der Waals surface area contributed by atoms with E-state index in [0.29, 0.717) is 24.7 Å². The van der Waals surface area contributed by atoms with Gasteiger partial charge in [-0.15, -0.1) is 0 Å². The first-order chi connectivity index (χ1) is 11.0. The minimum Gasteiger partial charge on any atom is -0.481 e.